The van der Waals surface area contributed by atoms with Crippen LogP contribution in [0.15, 0.2) is 29.1 Å². The lowest BCUT2D eigenvalue weighted by Crippen LogP contribution is -2.16. The number of rotatable bonds is 2. The number of pyridine rings is 1. The molecular weight excluding hydrogens is 206 g/mol. The molecule has 2 aromatic rings. The zero-order chi connectivity index (χ0) is 11.7. The van der Waals surface area contributed by atoms with Crippen molar-refractivity contribution in [3.05, 3.63) is 40.2 Å². The number of carbonyl (C=O) groups excluding carboxylic acids is 1. The molecule has 5 N–H and O–H groups in total. The van der Waals surface area contributed by atoms with Gasteiger partial charge in [0, 0.05) is 17.1 Å². The van der Waals surface area contributed by atoms with Gasteiger partial charge < -0.3 is 16.5 Å². The molecule has 16 heavy (non-hydrogen) atoms. The Balaban J connectivity index is 2.72. The second-order valence-electron chi connectivity index (χ2n) is 3.61. The molecule has 2 rings (SSSR count). The molecule has 0 atom stereocenters. The number of H-pyrrole nitrogens is 1. The van der Waals surface area contributed by atoms with Crippen LogP contribution in [0.4, 0.5) is 5.69 Å². The van der Waals surface area contributed by atoms with Crippen molar-refractivity contribution in [2.75, 3.05) is 5.73 Å². The van der Waals surface area contributed by atoms with E-state index in [0.29, 0.717) is 16.8 Å². The molecule has 0 unspecified atom stereocenters. The first kappa shape index (κ1) is 10.2. The van der Waals surface area contributed by atoms with E-state index in [2.05, 4.69) is 4.98 Å². The Morgan fingerprint density at radius 3 is 2.75 bits per heavy atom. The number of carbonyl (C=O) groups is 1. The number of anilines is 1. The minimum Gasteiger partial charge on any atom is -0.399 e. The van der Waals surface area contributed by atoms with E-state index in [9.17, 15) is 9.59 Å². The second kappa shape index (κ2) is 3.69. The quantitative estimate of drug-likeness (QED) is 0.623. The Morgan fingerprint density at radius 2 is 2.06 bits per heavy atom. The van der Waals surface area contributed by atoms with Crippen LogP contribution in [0, 0.1) is 0 Å². The lowest BCUT2D eigenvalue weighted by Gasteiger charge is -2.04. The van der Waals surface area contributed by atoms with Crippen molar-refractivity contribution in [3.8, 4) is 0 Å². The zero-order valence-corrected chi connectivity index (χ0v) is 8.49. The number of nitrogens with one attached hydrogen (secondary N) is 1. The first-order valence-corrected chi connectivity index (χ1v) is 4.76. The minimum atomic E-state index is -0.469. The third kappa shape index (κ3) is 1.88. The van der Waals surface area contributed by atoms with Gasteiger partial charge in [0.1, 0.15) is 0 Å². The Hall–Kier alpha value is -2.30. The maximum absolute atomic E-state index is 11.3. The van der Waals surface area contributed by atoms with Crippen LogP contribution in [-0.4, -0.2) is 10.9 Å². The van der Waals surface area contributed by atoms with Gasteiger partial charge in [0.2, 0.25) is 11.5 Å². The van der Waals surface area contributed by atoms with Gasteiger partial charge in [-0.05, 0) is 17.7 Å². The highest BCUT2D eigenvalue weighted by atomic mass is 16.1. The maximum atomic E-state index is 11.3. The summed E-state index contributed by atoms with van der Waals surface area (Å²) in [4.78, 5) is 24.9. The third-order valence-corrected chi connectivity index (χ3v) is 2.32. The van der Waals surface area contributed by atoms with Gasteiger partial charge in [-0.15, -0.1) is 0 Å². The summed E-state index contributed by atoms with van der Waals surface area (Å²) in [5.41, 5.74) is 12.2. The van der Waals surface area contributed by atoms with Crippen LogP contribution < -0.4 is 17.0 Å². The largest absolute Gasteiger partial charge is 0.399 e. The summed E-state index contributed by atoms with van der Waals surface area (Å²) in [5.74, 6) is -0.469. The predicted molar refractivity (Wildman–Crippen MR) is 61.9 cm³/mol. The molecule has 1 heterocycles. The summed E-state index contributed by atoms with van der Waals surface area (Å²) in [6.45, 7) is 0. The van der Waals surface area contributed by atoms with Crippen LogP contribution in [0.2, 0.25) is 0 Å². The summed E-state index contributed by atoms with van der Waals surface area (Å²) in [6, 6.07) is 6.51. The molecule has 5 nitrogen and oxygen atoms in total. The van der Waals surface area contributed by atoms with E-state index >= 15 is 0 Å². The smallest absolute Gasteiger partial charge is 0.248 e. The van der Waals surface area contributed by atoms with Gasteiger partial charge in [0.15, 0.2) is 0 Å². The number of benzene rings is 1. The molecule has 5 heteroatoms. The van der Waals surface area contributed by atoms with Crippen LogP contribution in [0.5, 0.6) is 0 Å². The van der Waals surface area contributed by atoms with Crippen LogP contribution in [0.3, 0.4) is 0 Å². The first-order valence-electron chi connectivity index (χ1n) is 4.76. The molecule has 1 aromatic carbocycles. The molecule has 0 saturated heterocycles. The van der Waals surface area contributed by atoms with Gasteiger partial charge in [-0.3, -0.25) is 9.59 Å². The van der Waals surface area contributed by atoms with E-state index in [4.69, 9.17) is 11.5 Å². The maximum Gasteiger partial charge on any atom is 0.248 e. The van der Waals surface area contributed by atoms with Gasteiger partial charge in [0.05, 0.1) is 11.9 Å². The number of fused-ring (bicyclic) bond motifs is 1. The fourth-order valence-electron chi connectivity index (χ4n) is 1.68. The normalized spacial score (nSPS) is 10.5. The first-order chi connectivity index (χ1) is 7.56. The Morgan fingerprint density at radius 1 is 1.31 bits per heavy atom. The molecule has 0 saturated carbocycles. The molecule has 0 fully saturated rings. The van der Waals surface area contributed by atoms with E-state index in [1.807, 2.05) is 0 Å². The van der Waals surface area contributed by atoms with Crippen molar-refractivity contribution in [2.45, 2.75) is 6.42 Å². The number of nitrogen functional groups attached to an aromatic ring is 1. The fourth-order valence-corrected chi connectivity index (χ4v) is 1.68. The van der Waals surface area contributed by atoms with Crippen molar-refractivity contribution in [1.82, 2.24) is 4.98 Å². The number of hydrogen-bond acceptors (Lipinski definition) is 3. The molecule has 0 aliphatic heterocycles. The lowest BCUT2D eigenvalue weighted by atomic mass is 10.1. The zero-order valence-electron chi connectivity index (χ0n) is 8.49. The average molecular weight is 217 g/mol. The van der Waals surface area contributed by atoms with E-state index < -0.39 is 5.91 Å². The summed E-state index contributed by atoms with van der Waals surface area (Å²) in [6.07, 6.45) is 0.0460. The lowest BCUT2D eigenvalue weighted by molar-refractivity contribution is -0.117. The molecule has 0 radical (unpaired) electrons. The molecule has 0 aliphatic carbocycles. The number of primary amides is 1. The fraction of sp³-hybridized carbons (Fsp3) is 0.0909. The van der Waals surface area contributed by atoms with Crippen molar-refractivity contribution in [1.29, 1.82) is 0 Å². The van der Waals surface area contributed by atoms with Crippen LogP contribution in [0.25, 0.3) is 10.9 Å². The summed E-state index contributed by atoms with van der Waals surface area (Å²) in [7, 11) is 0. The number of nitrogens with two attached hydrogens (primary N) is 2. The highest BCUT2D eigenvalue weighted by Crippen LogP contribution is 2.18. The second-order valence-corrected chi connectivity index (χ2v) is 3.61. The van der Waals surface area contributed by atoms with E-state index in [1.165, 1.54) is 6.07 Å². The molecule has 0 aliphatic rings. The topological polar surface area (TPSA) is 102 Å². The predicted octanol–water partition coefficient (Wildman–Crippen LogP) is 0.138. The van der Waals surface area contributed by atoms with E-state index in [0.717, 1.165) is 5.39 Å². The van der Waals surface area contributed by atoms with Gasteiger partial charge in [-0.1, -0.05) is 6.07 Å². The molecular formula is C11H11N3O2. The van der Waals surface area contributed by atoms with Crippen molar-refractivity contribution in [3.63, 3.8) is 0 Å². The number of amides is 1. The monoisotopic (exact) mass is 217 g/mol. The number of hydrogen-bond donors (Lipinski definition) is 3. The van der Waals surface area contributed by atoms with Gasteiger partial charge in [-0.25, -0.2) is 0 Å². The van der Waals surface area contributed by atoms with Crippen molar-refractivity contribution >= 4 is 22.5 Å². The minimum absolute atomic E-state index is 0.0460. The Bertz CT molecular complexity index is 616. The average Bonchev–Trinajstić information content (AvgIpc) is 2.15. The Labute approximate surface area is 91.1 Å². The standard InChI is InChI=1S/C11H11N3O2/c12-7-1-2-8-6(3-10(13)15)4-11(16)14-9(8)5-7/h1-2,4-5H,3,12H2,(H2,13,15)(H,14,16). The highest BCUT2D eigenvalue weighted by molar-refractivity contribution is 5.88. The third-order valence-electron chi connectivity index (χ3n) is 2.32. The molecule has 82 valence electrons. The highest BCUT2D eigenvalue weighted by Gasteiger charge is 2.06. The van der Waals surface area contributed by atoms with Crippen molar-refractivity contribution < 1.29 is 4.79 Å². The molecule has 1 amide bonds. The van der Waals surface area contributed by atoms with E-state index in [1.54, 1.807) is 18.2 Å². The summed E-state index contributed by atoms with van der Waals surface area (Å²) < 4.78 is 0. The summed E-state index contributed by atoms with van der Waals surface area (Å²) >= 11 is 0. The van der Waals surface area contributed by atoms with Gasteiger partial charge >= 0.3 is 0 Å². The summed E-state index contributed by atoms with van der Waals surface area (Å²) in [5, 5.41) is 0.785. The number of aromatic amines is 1. The van der Waals surface area contributed by atoms with Crippen LogP contribution in [-0.2, 0) is 11.2 Å². The molecule has 1 aromatic heterocycles. The molecule has 0 spiro atoms. The van der Waals surface area contributed by atoms with Crippen molar-refractivity contribution in [2.24, 2.45) is 5.73 Å². The van der Waals surface area contributed by atoms with E-state index in [-0.39, 0.29) is 12.0 Å². The Kier molecular flexibility index (Phi) is 2.36. The molecule has 0 bridgehead atoms. The van der Waals surface area contributed by atoms with Gasteiger partial charge in [0.25, 0.3) is 0 Å². The SMILES string of the molecule is NC(=O)Cc1cc(=O)[nH]c2cc(N)ccc12. The number of aromatic nitrogens is 1. The van der Waals surface area contributed by atoms with Crippen LogP contribution in [0.1, 0.15) is 5.56 Å². The van der Waals surface area contributed by atoms with Gasteiger partial charge in [-0.2, -0.15) is 0 Å². The van der Waals surface area contributed by atoms with Crippen LogP contribution >= 0.6 is 0 Å².